The maximum absolute atomic E-state index is 5.43. The summed E-state index contributed by atoms with van der Waals surface area (Å²) < 4.78 is 10.7. The average Bonchev–Trinajstić information content (AvgIpc) is 2.64. The quantitative estimate of drug-likeness (QED) is 0.731. The second-order valence-corrected chi connectivity index (χ2v) is 3.18. The molecule has 76 valence electrons. The Labute approximate surface area is 82.5 Å². The summed E-state index contributed by atoms with van der Waals surface area (Å²) in [6, 6.07) is 3.91. The Hall–Kier alpha value is -1.26. The summed E-state index contributed by atoms with van der Waals surface area (Å²) in [5.41, 5.74) is 2.10. The van der Waals surface area contributed by atoms with E-state index < -0.39 is 0 Å². The Bertz CT molecular complexity index is 338. The molecule has 0 aromatic heterocycles. The van der Waals surface area contributed by atoms with Crippen molar-refractivity contribution < 1.29 is 14.3 Å². The minimum absolute atomic E-state index is 0.333. The standard InChI is InChI=1S/C10H13NO3/c1-12-9-4-7-2-3-13-10(7)5-8(9)6-14-11/h4-5H,2-3,6,11H2,1H3. The van der Waals surface area contributed by atoms with Crippen LogP contribution < -0.4 is 15.4 Å². The van der Waals surface area contributed by atoms with Gasteiger partial charge in [0.05, 0.1) is 20.3 Å². The van der Waals surface area contributed by atoms with E-state index in [2.05, 4.69) is 4.84 Å². The van der Waals surface area contributed by atoms with Crippen LogP contribution in [-0.4, -0.2) is 13.7 Å². The number of hydrogen-bond donors (Lipinski definition) is 1. The van der Waals surface area contributed by atoms with Crippen LogP contribution in [0.15, 0.2) is 12.1 Å². The molecule has 1 aliphatic heterocycles. The van der Waals surface area contributed by atoms with Crippen LogP contribution in [-0.2, 0) is 17.9 Å². The van der Waals surface area contributed by atoms with Crippen LogP contribution in [0.1, 0.15) is 11.1 Å². The molecule has 0 radical (unpaired) electrons. The topological polar surface area (TPSA) is 53.7 Å². The monoisotopic (exact) mass is 195 g/mol. The molecule has 0 unspecified atom stereocenters. The van der Waals surface area contributed by atoms with Gasteiger partial charge < -0.3 is 9.47 Å². The zero-order chi connectivity index (χ0) is 9.97. The molecule has 0 saturated heterocycles. The lowest BCUT2D eigenvalue weighted by Gasteiger charge is -2.09. The van der Waals surface area contributed by atoms with Gasteiger partial charge in [-0.25, -0.2) is 5.90 Å². The molecule has 0 amide bonds. The molecule has 0 aliphatic carbocycles. The summed E-state index contributed by atoms with van der Waals surface area (Å²) in [5.74, 6) is 6.75. The first-order chi connectivity index (χ1) is 6.85. The Morgan fingerprint density at radius 1 is 1.50 bits per heavy atom. The third-order valence-electron chi connectivity index (χ3n) is 2.33. The second-order valence-electron chi connectivity index (χ2n) is 3.18. The Kier molecular flexibility index (Phi) is 2.56. The molecule has 0 bridgehead atoms. The van der Waals surface area contributed by atoms with Crippen molar-refractivity contribution in [2.24, 2.45) is 5.90 Å². The molecule has 14 heavy (non-hydrogen) atoms. The number of ether oxygens (including phenoxy) is 2. The minimum atomic E-state index is 0.333. The normalized spacial score (nSPS) is 13.6. The fraction of sp³-hybridized carbons (Fsp3) is 0.400. The summed E-state index contributed by atoms with van der Waals surface area (Å²) in [5, 5.41) is 0. The Morgan fingerprint density at radius 2 is 2.36 bits per heavy atom. The van der Waals surface area contributed by atoms with E-state index in [1.54, 1.807) is 7.11 Å². The van der Waals surface area contributed by atoms with Crippen LogP contribution in [0.5, 0.6) is 11.5 Å². The van der Waals surface area contributed by atoms with Crippen LogP contribution in [0, 0.1) is 0 Å². The molecule has 0 fully saturated rings. The summed E-state index contributed by atoms with van der Waals surface area (Å²) in [6.45, 7) is 1.07. The summed E-state index contributed by atoms with van der Waals surface area (Å²) in [7, 11) is 1.64. The predicted molar refractivity (Wildman–Crippen MR) is 51.2 cm³/mol. The zero-order valence-corrected chi connectivity index (χ0v) is 8.08. The fourth-order valence-corrected chi connectivity index (χ4v) is 1.64. The van der Waals surface area contributed by atoms with Crippen LogP contribution >= 0.6 is 0 Å². The number of fused-ring (bicyclic) bond motifs is 1. The molecule has 4 heteroatoms. The summed E-state index contributed by atoms with van der Waals surface area (Å²) >= 11 is 0. The molecular weight excluding hydrogens is 182 g/mol. The first-order valence-electron chi connectivity index (χ1n) is 4.49. The molecule has 4 nitrogen and oxygen atoms in total. The largest absolute Gasteiger partial charge is 0.496 e. The van der Waals surface area contributed by atoms with Gasteiger partial charge in [0.1, 0.15) is 11.5 Å². The second kappa shape index (κ2) is 3.86. The summed E-state index contributed by atoms with van der Waals surface area (Å²) in [4.78, 5) is 4.59. The molecule has 0 spiro atoms. The van der Waals surface area contributed by atoms with Crippen molar-refractivity contribution in [1.82, 2.24) is 0 Å². The highest BCUT2D eigenvalue weighted by Crippen LogP contribution is 2.32. The van der Waals surface area contributed by atoms with Gasteiger partial charge in [0, 0.05) is 17.5 Å². The third kappa shape index (κ3) is 1.54. The van der Waals surface area contributed by atoms with E-state index in [1.165, 1.54) is 5.56 Å². The zero-order valence-electron chi connectivity index (χ0n) is 8.08. The van der Waals surface area contributed by atoms with E-state index in [-0.39, 0.29) is 0 Å². The van der Waals surface area contributed by atoms with Gasteiger partial charge in [0.25, 0.3) is 0 Å². The predicted octanol–water partition coefficient (Wildman–Crippen LogP) is 1.02. The van der Waals surface area contributed by atoms with Gasteiger partial charge >= 0.3 is 0 Å². The first kappa shape index (κ1) is 9.30. The van der Waals surface area contributed by atoms with Crippen molar-refractivity contribution >= 4 is 0 Å². The van der Waals surface area contributed by atoms with Gasteiger partial charge in [-0.15, -0.1) is 0 Å². The van der Waals surface area contributed by atoms with E-state index in [0.29, 0.717) is 6.61 Å². The molecule has 0 atom stereocenters. The highest BCUT2D eigenvalue weighted by atomic mass is 16.6. The molecule has 2 N–H and O–H groups in total. The lowest BCUT2D eigenvalue weighted by atomic mass is 10.1. The highest BCUT2D eigenvalue weighted by molar-refractivity contribution is 5.47. The van der Waals surface area contributed by atoms with E-state index in [4.69, 9.17) is 15.4 Å². The number of hydrogen-bond acceptors (Lipinski definition) is 4. The van der Waals surface area contributed by atoms with Crippen molar-refractivity contribution in [1.29, 1.82) is 0 Å². The van der Waals surface area contributed by atoms with E-state index in [0.717, 1.165) is 30.1 Å². The lowest BCUT2D eigenvalue weighted by Crippen LogP contribution is -2.01. The maximum atomic E-state index is 5.43. The van der Waals surface area contributed by atoms with Crippen molar-refractivity contribution in [3.05, 3.63) is 23.3 Å². The van der Waals surface area contributed by atoms with Crippen molar-refractivity contribution in [3.8, 4) is 11.5 Å². The van der Waals surface area contributed by atoms with E-state index >= 15 is 0 Å². The van der Waals surface area contributed by atoms with Crippen molar-refractivity contribution in [2.75, 3.05) is 13.7 Å². The van der Waals surface area contributed by atoms with Gasteiger partial charge in [0.2, 0.25) is 0 Å². The Balaban J connectivity index is 2.38. The van der Waals surface area contributed by atoms with Gasteiger partial charge in [-0.1, -0.05) is 0 Å². The van der Waals surface area contributed by atoms with E-state index in [1.807, 2.05) is 12.1 Å². The summed E-state index contributed by atoms with van der Waals surface area (Å²) in [6.07, 6.45) is 0.940. The Morgan fingerprint density at radius 3 is 3.07 bits per heavy atom. The van der Waals surface area contributed by atoms with Gasteiger partial charge in [-0.3, -0.25) is 4.84 Å². The molecular formula is C10H13NO3. The third-order valence-corrected chi connectivity index (χ3v) is 2.33. The highest BCUT2D eigenvalue weighted by Gasteiger charge is 2.16. The molecule has 0 saturated carbocycles. The van der Waals surface area contributed by atoms with Crippen LogP contribution in [0.25, 0.3) is 0 Å². The van der Waals surface area contributed by atoms with Gasteiger partial charge in [0.15, 0.2) is 0 Å². The SMILES string of the molecule is COc1cc2c(cc1CON)OCC2. The minimum Gasteiger partial charge on any atom is -0.496 e. The molecule has 1 heterocycles. The average molecular weight is 195 g/mol. The first-order valence-corrected chi connectivity index (χ1v) is 4.49. The van der Waals surface area contributed by atoms with Gasteiger partial charge in [-0.05, 0) is 12.1 Å². The number of methoxy groups -OCH3 is 1. The number of rotatable bonds is 3. The van der Waals surface area contributed by atoms with Crippen LogP contribution in [0.3, 0.4) is 0 Å². The molecule has 2 rings (SSSR count). The number of benzene rings is 1. The number of nitrogens with two attached hydrogens (primary N) is 1. The van der Waals surface area contributed by atoms with Gasteiger partial charge in [-0.2, -0.15) is 0 Å². The van der Waals surface area contributed by atoms with Crippen molar-refractivity contribution in [2.45, 2.75) is 13.0 Å². The lowest BCUT2D eigenvalue weighted by molar-refractivity contribution is 0.122. The molecule has 1 aromatic carbocycles. The van der Waals surface area contributed by atoms with Crippen molar-refractivity contribution in [3.63, 3.8) is 0 Å². The fourth-order valence-electron chi connectivity index (χ4n) is 1.64. The van der Waals surface area contributed by atoms with Crippen LogP contribution in [0.4, 0.5) is 0 Å². The molecule has 1 aromatic rings. The molecule has 1 aliphatic rings. The smallest absolute Gasteiger partial charge is 0.125 e. The van der Waals surface area contributed by atoms with E-state index in [9.17, 15) is 0 Å². The maximum Gasteiger partial charge on any atom is 0.125 e. The van der Waals surface area contributed by atoms with Crippen LogP contribution in [0.2, 0.25) is 0 Å².